The molecule has 0 radical (unpaired) electrons. The maximum atomic E-state index is 14.7. The van der Waals surface area contributed by atoms with E-state index in [2.05, 4.69) is 20.3 Å². The normalized spacial score (nSPS) is 28.8. The number of rotatable bonds is 6. The number of ether oxygens (including phenoxy) is 1. The first-order valence-electron chi connectivity index (χ1n) is 19.7. The summed E-state index contributed by atoms with van der Waals surface area (Å²) in [4.78, 5) is 77.9. The molecule has 14 nitrogen and oxygen atoms in total. The number of alkyl carbamates (subject to hydrolysis) is 1. The van der Waals surface area contributed by atoms with Gasteiger partial charge in [-0.3, -0.25) is 23.9 Å². The summed E-state index contributed by atoms with van der Waals surface area (Å²) in [6, 6.07) is 11.0. The van der Waals surface area contributed by atoms with Gasteiger partial charge in [-0.25, -0.2) is 18.2 Å². The van der Waals surface area contributed by atoms with Crippen molar-refractivity contribution in [3.05, 3.63) is 65.9 Å². The van der Waals surface area contributed by atoms with Gasteiger partial charge in [-0.2, -0.15) is 0 Å². The molecule has 0 unspecified atom stereocenters. The van der Waals surface area contributed by atoms with Crippen LogP contribution < -0.4 is 15.4 Å². The number of hydrogen-bond acceptors (Lipinski definition) is 9. The van der Waals surface area contributed by atoms with Gasteiger partial charge in [0.2, 0.25) is 21.8 Å². The van der Waals surface area contributed by atoms with Crippen LogP contribution in [-0.2, 0) is 29.1 Å². The topological polar surface area (TPSA) is 184 Å². The number of likely N-dealkylation sites (tertiary alicyclic amines) is 1. The third-order valence-corrected chi connectivity index (χ3v) is 13.3. The van der Waals surface area contributed by atoms with Gasteiger partial charge in [-0.1, -0.05) is 60.9 Å². The van der Waals surface area contributed by atoms with Crippen LogP contribution in [0.25, 0.3) is 11.3 Å². The minimum absolute atomic E-state index is 0.132. The zero-order valence-corrected chi connectivity index (χ0v) is 33.3. The number of allylic oxidation sites excluding steroid dienone is 1. The van der Waals surface area contributed by atoms with E-state index in [4.69, 9.17) is 4.74 Å². The summed E-state index contributed by atoms with van der Waals surface area (Å²) >= 11 is 0. The van der Waals surface area contributed by atoms with Gasteiger partial charge in [-0.15, -0.1) is 0 Å². The van der Waals surface area contributed by atoms with Gasteiger partial charge in [0.1, 0.15) is 28.9 Å². The van der Waals surface area contributed by atoms with Crippen molar-refractivity contribution in [1.82, 2.24) is 30.1 Å². The quantitative estimate of drug-likeness (QED) is 0.366. The lowest BCUT2D eigenvalue weighted by atomic mass is 9.93. The second kappa shape index (κ2) is 15.3. The highest BCUT2D eigenvalue weighted by Gasteiger charge is 2.63. The van der Waals surface area contributed by atoms with E-state index >= 15 is 0 Å². The van der Waals surface area contributed by atoms with Crippen molar-refractivity contribution in [2.24, 2.45) is 17.8 Å². The number of nitrogens with one attached hydrogen (secondary N) is 3. The van der Waals surface area contributed by atoms with Crippen LogP contribution in [0.4, 0.5) is 4.79 Å². The van der Waals surface area contributed by atoms with Crippen LogP contribution in [0.2, 0.25) is 0 Å². The Hall–Kier alpha value is -4.79. The van der Waals surface area contributed by atoms with E-state index in [0.717, 1.165) is 24.0 Å². The molecule has 300 valence electrons. The molecule has 2 saturated heterocycles. The fourth-order valence-corrected chi connectivity index (χ4v) is 9.65. The maximum absolute atomic E-state index is 14.7. The van der Waals surface area contributed by atoms with Gasteiger partial charge >= 0.3 is 6.09 Å². The molecule has 0 bridgehead atoms. The van der Waals surface area contributed by atoms with Gasteiger partial charge in [0.25, 0.3) is 11.8 Å². The number of benzene rings is 1. The minimum Gasteiger partial charge on any atom is -0.444 e. The number of pyridine rings is 1. The van der Waals surface area contributed by atoms with E-state index in [-0.39, 0.29) is 43.6 Å². The standard InChI is InChI=1S/C41H52N6O8S/c1-25-15-17-26(18-16-25)31-13-10-14-32(42-31)36(49)46-22-27-23-47-34(30(27)24-46)35(48)44-41(38(51)45-56(53,54)29-19-20-29)21-28(41)11-8-6-5-7-9-12-33(37(47)50)43-39(52)55-40(2,3)4/h8,10-11,13-18,27-30,33-34H,5-7,9,12,19-24H2,1-4H3,(H,43,52)(H,44,48)(H,45,51)/b11-8-/t27-,28-,30-,33+,34-,41+/m0/s1. The van der Waals surface area contributed by atoms with Crippen molar-refractivity contribution >= 4 is 39.7 Å². The Morgan fingerprint density at radius 3 is 2.43 bits per heavy atom. The number of aryl methyl sites for hydroxylation is 1. The second-order valence-corrected chi connectivity index (χ2v) is 19.0. The first kappa shape index (κ1) is 39.4. The lowest BCUT2D eigenvalue weighted by Gasteiger charge is -2.33. The Morgan fingerprint density at radius 2 is 1.71 bits per heavy atom. The number of hydrogen-bond donors (Lipinski definition) is 3. The summed E-state index contributed by atoms with van der Waals surface area (Å²) in [5.74, 6) is -3.41. The molecule has 5 aliphatic rings. The van der Waals surface area contributed by atoms with Gasteiger partial charge in [0.15, 0.2) is 0 Å². The average molecular weight is 789 g/mol. The van der Waals surface area contributed by atoms with Crippen LogP contribution in [0, 0.1) is 24.7 Å². The van der Waals surface area contributed by atoms with E-state index < -0.39 is 74.1 Å². The molecule has 1 aromatic heterocycles. The summed E-state index contributed by atoms with van der Waals surface area (Å²) in [5, 5.41) is 5.05. The van der Waals surface area contributed by atoms with Crippen LogP contribution in [0.5, 0.6) is 0 Å². The lowest BCUT2D eigenvalue weighted by Crippen LogP contribution is -2.60. The maximum Gasteiger partial charge on any atom is 0.408 e. The third kappa shape index (κ3) is 8.47. The number of fused-ring (bicyclic) bond motifs is 4. The number of nitrogens with zero attached hydrogens (tertiary/aromatic N) is 3. The van der Waals surface area contributed by atoms with E-state index in [9.17, 15) is 32.4 Å². The highest BCUT2D eigenvalue weighted by molar-refractivity contribution is 7.91. The number of carbonyl (C=O) groups is 5. The molecule has 4 fully saturated rings. The molecule has 3 N–H and O–H groups in total. The fraction of sp³-hybridized carbons (Fsp3) is 0.561. The van der Waals surface area contributed by atoms with Gasteiger partial charge in [-0.05, 0) is 78.4 Å². The van der Waals surface area contributed by atoms with E-state index in [1.54, 1.807) is 37.8 Å². The summed E-state index contributed by atoms with van der Waals surface area (Å²) < 4.78 is 33.6. The molecule has 3 aliphatic heterocycles. The van der Waals surface area contributed by atoms with Crippen molar-refractivity contribution in [2.45, 2.75) is 108 Å². The van der Waals surface area contributed by atoms with Crippen molar-refractivity contribution in [2.75, 3.05) is 19.6 Å². The molecule has 7 rings (SSSR count). The molecule has 4 heterocycles. The van der Waals surface area contributed by atoms with Crippen molar-refractivity contribution in [3.63, 3.8) is 0 Å². The monoisotopic (exact) mass is 788 g/mol. The predicted octanol–water partition coefficient (Wildman–Crippen LogP) is 3.85. The number of sulfonamides is 1. The van der Waals surface area contributed by atoms with E-state index in [0.29, 0.717) is 37.8 Å². The van der Waals surface area contributed by atoms with Gasteiger partial charge in [0.05, 0.1) is 10.9 Å². The fourth-order valence-electron chi connectivity index (χ4n) is 8.29. The number of carbonyl (C=O) groups excluding carboxylic acids is 5. The average Bonchev–Trinajstić information content (AvgIpc) is 4.04. The third-order valence-electron chi connectivity index (χ3n) is 11.5. The van der Waals surface area contributed by atoms with Gasteiger partial charge < -0.3 is 25.2 Å². The van der Waals surface area contributed by atoms with Crippen LogP contribution >= 0.6 is 0 Å². The molecule has 15 heteroatoms. The number of aromatic nitrogens is 1. The van der Waals surface area contributed by atoms with Crippen molar-refractivity contribution in [1.29, 1.82) is 0 Å². The van der Waals surface area contributed by atoms with Crippen LogP contribution in [-0.4, -0.2) is 101 Å². The Kier molecular flexibility index (Phi) is 10.8. The highest BCUT2D eigenvalue weighted by Crippen LogP contribution is 2.47. The first-order chi connectivity index (χ1) is 26.5. The molecular weight excluding hydrogens is 737 g/mol. The van der Waals surface area contributed by atoms with Crippen molar-refractivity contribution < 1.29 is 37.1 Å². The number of amides is 5. The Bertz CT molecular complexity index is 2030. The predicted molar refractivity (Wildman–Crippen MR) is 207 cm³/mol. The molecular formula is C41H52N6O8S. The molecule has 0 spiro atoms. The summed E-state index contributed by atoms with van der Waals surface area (Å²) in [6.07, 6.45) is 7.39. The molecule has 1 aromatic carbocycles. The van der Waals surface area contributed by atoms with Crippen LogP contribution in [0.1, 0.15) is 88.2 Å². The van der Waals surface area contributed by atoms with Crippen molar-refractivity contribution in [3.8, 4) is 11.3 Å². The largest absolute Gasteiger partial charge is 0.444 e. The Labute approximate surface area is 328 Å². The zero-order chi connectivity index (χ0) is 40.0. The SMILES string of the molecule is Cc1ccc(-c2cccc(C(=O)N3C[C@H]4CN5C(=O)[C@H](NC(=O)OC(C)(C)C)CCCCC/C=C\[C@H]6C[C@@]6(C(=O)NS(=O)(=O)C6CC6)NC(=O)[C@@H]5[C@H]4C3)n2)cc1. The summed E-state index contributed by atoms with van der Waals surface area (Å²) in [7, 11) is -3.91. The smallest absolute Gasteiger partial charge is 0.408 e. The highest BCUT2D eigenvalue weighted by atomic mass is 32.2. The van der Waals surface area contributed by atoms with Crippen LogP contribution in [0.15, 0.2) is 54.6 Å². The van der Waals surface area contributed by atoms with Crippen LogP contribution in [0.3, 0.4) is 0 Å². The first-order valence-corrected chi connectivity index (χ1v) is 21.3. The summed E-state index contributed by atoms with van der Waals surface area (Å²) in [5.41, 5.74) is 0.548. The van der Waals surface area contributed by atoms with Gasteiger partial charge in [0, 0.05) is 43.0 Å². The minimum atomic E-state index is -3.91. The molecule has 2 saturated carbocycles. The Morgan fingerprint density at radius 1 is 0.964 bits per heavy atom. The molecule has 56 heavy (non-hydrogen) atoms. The molecule has 5 amide bonds. The zero-order valence-electron chi connectivity index (χ0n) is 32.5. The molecule has 2 aromatic rings. The lowest BCUT2D eigenvalue weighted by molar-refractivity contribution is -0.142. The Balaban J connectivity index is 1.18. The second-order valence-electron chi connectivity index (χ2n) is 17.1. The van der Waals surface area contributed by atoms with E-state index in [1.165, 1.54) is 4.90 Å². The summed E-state index contributed by atoms with van der Waals surface area (Å²) in [6.45, 7) is 7.72. The van der Waals surface area contributed by atoms with E-state index in [1.807, 2.05) is 49.4 Å². The molecule has 6 atom stereocenters. The molecule has 2 aliphatic carbocycles.